The molecule has 1 aliphatic heterocycles. The van der Waals surface area contributed by atoms with Crippen molar-refractivity contribution in [2.24, 2.45) is 0 Å². The number of sulfonamides is 1. The summed E-state index contributed by atoms with van der Waals surface area (Å²) in [4.78, 5) is 3.07. The highest BCUT2D eigenvalue weighted by Crippen LogP contribution is 2.26. The fourth-order valence-electron chi connectivity index (χ4n) is 2.61. The second kappa shape index (κ2) is 6.43. The van der Waals surface area contributed by atoms with E-state index in [1.54, 1.807) is 0 Å². The number of benzene rings is 1. The Bertz CT molecular complexity index is 959. The summed E-state index contributed by atoms with van der Waals surface area (Å²) in [5.41, 5.74) is 1.26. The van der Waals surface area contributed by atoms with Gasteiger partial charge in [0.2, 0.25) is 15.9 Å². The average Bonchev–Trinajstić information content (AvgIpc) is 3.33. The van der Waals surface area contributed by atoms with Crippen molar-refractivity contribution in [2.45, 2.75) is 4.90 Å². The Labute approximate surface area is 144 Å². The lowest BCUT2D eigenvalue weighted by atomic mass is 10.2. The molecule has 0 radical (unpaired) electrons. The topological polar surface area (TPSA) is 101 Å². The number of aromatic nitrogens is 3. The summed E-state index contributed by atoms with van der Waals surface area (Å²) in [6.45, 7) is 1.50. The first-order valence-corrected chi connectivity index (χ1v) is 9.24. The first-order valence-electron chi connectivity index (χ1n) is 7.80. The lowest BCUT2D eigenvalue weighted by Gasteiger charge is -2.25. The van der Waals surface area contributed by atoms with Gasteiger partial charge in [0.05, 0.1) is 13.2 Å². The number of H-pyrrole nitrogens is 1. The Morgan fingerprint density at radius 2 is 1.76 bits per heavy atom. The zero-order valence-corrected chi connectivity index (χ0v) is 14.1. The molecule has 1 aromatic carbocycles. The van der Waals surface area contributed by atoms with Crippen molar-refractivity contribution in [1.29, 1.82) is 0 Å². The molecule has 1 N–H and O–H groups in total. The maximum Gasteiger partial charge on any atom is 0.264 e. The van der Waals surface area contributed by atoms with Gasteiger partial charge in [-0.3, -0.25) is 0 Å². The minimum absolute atomic E-state index is 0.170. The fourth-order valence-corrected chi connectivity index (χ4v) is 4.01. The lowest BCUT2D eigenvalue weighted by Crippen LogP contribution is -2.40. The average molecular weight is 360 g/mol. The van der Waals surface area contributed by atoms with Crippen LogP contribution in [0.4, 0.5) is 0 Å². The Hall–Kier alpha value is -2.49. The van der Waals surface area contributed by atoms with Gasteiger partial charge in [0.15, 0.2) is 0 Å². The Morgan fingerprint density at radius 3 is 2.52 bits per heavy atom. The van der Waals surface area contributed by atoms with Gasteiger partial charge in [0, 0.05) is 24.8 Å². The Morgan fingerprint density at radius 1 is 1.04 bits per heavy atom. The highest BCUT2D eigenvalue weighted by Gasteiger charge is 2.28. The number of rotatable bonds is 4. The van der Waals surface area contributed by atoms with Crippen molar-refractivity contribution >= 4 is 10.0 Å². The number of nitrogens with one attached hydrogen (secondary N) is 1. The van der Waals surface area contributed by atoms with Gasteiger partial charge in [0.25, 0.3) is 5.89 Å². The fraction of sp³-hybridized carbons (Fsp3) is 0.250. The van der Waals surface area contributed by atoms with Crippen molar-refractivity contribution in [2.75, 3.05) is 26.3 Å². The number of ether oxygens (including phenoxy) is 1. The molecule has 3 heterocycles. The summed E-state index contributed by atoms with van der Waals surface area (Å²) in [6.07, 6.45) is 1.44. The maximum absolute atomic E-state index is 12.6. The van der Waals surface area contributed by atoms with Crippen LogP contribution in [0, 0.1) is 0 Å². The molecule has 0 unspecified atom stereocenters. The van der Waals surface area contributed by atoms with Crippen LogP contribution in [0.2, 0.25) is 0 Å². The van der Waals surface area contributed by atoms with E-state index in [4.69, 9.17) is 9.15 Å². The first-order chi connectivity index (χ1) is 12.1. The molecule has 2 aromatic heterocycles. The summed E-state index contributed by atoms with van der Waals surface area (Å²) in [5, 5.41) is 8.01. The highest BCUT2D eigenvalue weighted by molar-refractivity contribution is 7.89. The molecule has 3 aromatic rings. The monoisotopic (exact) mass is 360 g/mol. The van der Waals surface area contributed by atoms with E-state index in [2.05, 4.69) is 15.2 Å². The molecule has 4 rings (SSSR count). The molecule has 0 aliphatic carbocycles. The van der Waals surface area contributed by atoms with E-state index in [-0.39, 0.29) is 10.8 Å². The Kier molecular flexibility index (Phi) is 4.12. The number of morpholine rings is 1. The predicted molar refractivity (Wildman–Crippen MR) is 89.1 cm³/mol. The molecule has 25 heavy (non-hydrogen) atoms. The van der Waals surface area contributed by atoms with Crippen molar-refractivity contribution in [3.63, 3.8) is 0 Å². The van der Waals surface area contributed by atoms with Gasteiger partial charge in [-0.25, -0.2) is 8.42 Å². The third kappa shape index (κ3) is 3.09. The molecule has 1 fully saturated rings. The van der Waals surface area contributed by atoms with E-state index in [0.29, 0.717) is 37.9 Å². The van der Waals surface area contributed by atoms with E-state index >= 15 is 0 Å². The Balaban J connectivity index is 1.60. The van der Waals surface area contributed by atoms with Crippen LogP contribution in [0.5, 0.6) is 0 Å². The summed E-state index contributed by atoms with van der Waals surface area (Å²) < 4.78 is 37.5. The number of nitrogens with zero attached hydrogens (tertiary/aromatic N) is 3. The van der Waals surface area contributed by atoms with E-state index in [0.717, 1.165) is 5.56 Å². The summed E-state index contributed by atoms with van der Waals surface area (Å²) in [6, 6.07) is 10.9. The normalized spacial score (nSPS) is 16.2. The lowest BCUT2D eigenvalue weighted by molar-refractivity contribution is 0.0730. The first kappa shape index (κ1) is 16.0. The van der Waals surface area contributed by atoms with E-state index in [9.17, 15) is 8.42 Å². The zero-order valence-electron chi connectivity index (χ0n) is 13.3. The van der Waals surface area contributed by atoms with Gasteiger partial charge in [-0.1, -0.05) is 18.2 Å². The van der Waals surface area contributed by atoms with Crippen LogP contribution >= 0.6 is 0 Å². The largest absolute Gasteiger partial charge is 0.415 e. The molecule has 0 amide bonds. The van der Waals surface area contributed by atoms with Gasteiger partial charge in [-0.05, 0) is 18.2 Å². The van der Waals surface area contributed by atoms with Crippen LogP contribution < -0.4 is 0 Å². The summed E-state index contributed by atoms with van der Waals surface area (Å²) in [7, 11) is -3.56. The predicted octanol–water partition coefficient (Wildman–Crippen LogP) is 1.75. The summed E-state index contributed by atoms with van der Waals surface area (Å²) >= 11 is 0. The van der Waals surface area contributed by atoms with Gasteiger partial charge < -0.3 is 14.1 Å². The standard InChI is InChI=1S/C16H16N4O4S/c21-25(22,20-6-8-23-9-7-20)13-10-14(17-11-13)16-19-18-15(24-16)12-4-2-1-3-5-12/h1-5,10-11,17H,6-9H2. The van der Waals surface area contributed by atoms with Crippen LogP contribution in [0.3, 0.4) is 0 Å². The van der Waals surface area contributed by atoms with E-state index < -0.39 is 10.0 Å². The third-order valence-corrected chi connectivity index (χ3v) is 5.82. The second-order valence-electron chi connectivity index (χ2n) is 5.54. The number of hydrogen-bond acceptors (Lipinski definition) is 6. The second-order valence-corrected chi connectivity index (χ2v) is 7.48. The molecular formula is C16H16N4O4S. The molecule has 9 heteroatoms. The number of hydrogen-bond donors (Lipinski definition) is 1. The van der Waals surface area contributed by atoms with Crippen LogP contribution in [0.15, 0.2) is 51.9 Å². The zero-order chi connectivity index (χ0) is 17.3. The van der Waals surface area contributed by atoms with Crippen LogP contribution in [0.25, 0.3) is 23.0 Å². The molecule has 130 valence electrons. The quantitative estimate of drug-likeness (QED) is 0.761. The maximum atomic E-state index is 12.6. The minimum Gasteiger partial charge on any atom is -0.415 e. The molecule has 0 saturated carbocycles. The van der Waals surface area contributed by atoms with Crippen molar-refractivity contribution in [1.82, 2.24) is 19.5 Å². The van der Waals surface area contributed by atoms with Gasteiger partial charge in [-0.15, -0.1) is 10.2 Å². The van der Waals surface area contributed by atoms with Gasteiger partial charge in [-0.2, -0.15) is 4.31 Å². The van der Waals surface area contributed by atoms with Gasteiger partial charge >= 0.3 is 0 Å². The molecule has 0 spiro atoms. The van der Waals surface area contributed by atoms with Crippen molar-refractivity contribution in [3.05, 3.63) is 42.6 Å². The van der Waals surface area contributed by atoms with Crippen LogP contribution in [-0.4, -0.2) is 54.2 Å². The smallest absolute Gasteiger partial charge is 0.264 e. The molecule has 0 bridgehead atoms. The van der Waals surface area contributed by atoms with Crippen molar-refractivity contribution in [3.8, 4) is 23.0 Å². The van der Waals surface area contributed by atoms with E-state index in [1.165, 1.54) is 16.6 Å². The van der Waals surface area contributed by atoms with Gasteiger partial charge in [0.1, 0.15) is 10.6 Å². The SMILES string of the molecule is O=S(=O)(c1c[nH]c(-c2nnc(-c3ccccc3)o2)c1)N1CCOCC1. The number of aromatic amines is 1. The minimum atomic E-state index is -3.56. The van der Waals surface area contributed by atoms with Crippen LogP contribution in [-0.2, 0) is 14.8 Å². The molecule has 8 nitrogen and oxygen atoms in total. The van der Waals surface area contributed by atoms with E-state index in [1.807, 2.05) is 30.3 Å². The molecular weight excluding hydrogens is 344 g/mol. The van der Waals surface area contributed by atoms with Crippen LogP contribution in [0.1, 0.15) is 0 Å². The molecule has 1 aliphatic rings. The summed E-state index contributed by atoms with van der Waals surface area (Å²) in [5.74, 6) is 0.616. The molecule has 1 saturated heterocycles. The third-order valence-electron chi connectivity index (χ3n) is 3.94. The highest BCUT2D eigenvalue weighted by atomic mass is 32.2. The van der Waals surface area contributed by atoms with Crippen molar-refractivity contribution < 1.29 is 17.6 Å². The molecule has 0 atom stereocenters.